The molecule has 0 saturated heterocycles. The molecule has 3 saturated carbocycles. The number of carbonyl (C=O) groups is 1. The number of amides is 1. The third-order valence-electron chi connectivity index (χ3n) is 5.66. The zero-order chi connectivity index (χ0) is 17.1. The number of benzene rings is 1. The van der Waals surface area contributed by atoms with Gasteiger partial charge in [0.2, 0.25) is 5.91 Å². The van der Waals surface area contributed by atoms with Crippen molar-refractivity contribution in [3.8, 4) is 11.8 Å². The Labute approximate surface area is 139 Å². The van der Waals surface area contributed by atoms with E-state index < -0.39 is 17.0 Å². The van der Waals surface area contributed by atoms with Crippen molar-refractivity contribution in [3.63, 3.8) is 0 Å². The molecule has 0 unspecified atom stereocenters. The molecule has 2 bridgehead atoms. The molecule has 0 radical (unpaired) electrons. The number of nitriles is 1. The van der Waals surface area contributed by atoms with Crippen LogP contribution in [0.15, 0.2) is 12.1 Å². The SMILES string of the molecule is C[C@H]1CN(C(=O)C23CCC(C#N)(C2)C3)Cc2cc(F)cc(F)c2O1. The Bertz CT molecular complexity index is 765. The number of fused-ring (bicyclic) bond motifs is 2. The molecule has 3 aliphatic carbocycles. The lowest BCUT2D eigenvalue weighted by Gasteiger charge is -2.44. The molecule has 1 atom stereocenters. The van der Waals surface area contributed by atoms with Crippen molar-refractivity contribution in [1.82, 2.24) is 4.90 Å². The van der Waals surface area contributed by atoms with Crippen LogP contribution in [0.5, 0.6) is 5.75 Å². The number of carbonyl (C=O) groups excluding carboxylic acids is 1. The molecule has 126 valence electrons. The first kappa shape index (κ1) is 15.4. The van der Waals surface area contributed by atoms with E-state index in [-0.39, 0.29) is 29.7 Å². The van der Waals surface area contributed by atoms with Crippen LogP contribution in [0.4, 0.5) is 8.78 Å². The van der Waals surface area contributed by atoms with E-state index in [0.717, 1.165) is 18.9 Å². The summed E-state index contributed by atoms with van der Waals surface area (Å²) >= 11 is 0. The molecule has 4 nitrogen and oxygen atoms in total. The molecule has 1 aliphatic heterocycles. The van der Waals surface area contributed by atoms with Gasteiger partial charge < -0.3 is 9.64 Å². The molecular formula is C18H18F2N2O2. The molecule has 1 aromatic carbocycles. The summed E-state index contributed by atoms with van der Waals surface area (Å²) in [6, 6.07) is 4.37. The fourth-order valence-corrected chi connectivity index (χ4v) is 4.64. The van der Waals surface area contributed by atoms with Gasteiger partial charge in [-0.2, -0.15) is 5.26 Å². The van der Waals surface area contributed by atoms with Crippen molar-refractivity contribution in [2.24, 2.45) is 10.8 Å². The van der Waals surface area contributed by atoms with Crippen LogP contribution in [-0.2, 0) is 11.3 Å². The molecule has 1 heterocycles. The van der Waals surface area contributed by atoms with E-state index in [0.29, 0.717) is 24.9 Å². The average Bonchev–Trinajstić information content (AvgIpc) is 3.00. The summed E-state index contributed by atoms with van der Waals surface area (Å²) in [6.07, 6.45) is 2.30. The van der Waals surface area contributed by atoms with E-state index in [1.807, 2.05) is 0 Å². The summed E-state index contributed by atoms with van der Waals surface area (Å²) in [5.74, 6) is -1.40. The number of halogens is 2. The predicted octanol–water partition coefficient (Wildman–Crippen LogP) is 3.16. The molecule has 3 fully saturated rings. The molecular weight excluding hydrogens is 314 g/mol. The monoisotopic (exact) mass is 332 g/mol. The van der Waals surface area contributed by atoms with E-state index in [2.05, 4.69) is 6.07 Å². The number of ether oxygens (including phenoxy) is 1. The Hall–Kier alpha value is -2.16. The lowest BCUT2D eigenvalue weighted by atomic mass is 9.60. The molecule has 0 N–H and O–H groups in total. The molecule has 1 amide bonds. The highest BCUT2D eigenvalue weighted by atomic mass is 19.1. The number of nitrogens with zero attached hydrogens (tertiary/aromatic N) is 2. The zero-order valence-corrected chi connectivity index (χ0v) is 13.4. The van der Waals surface area contributed by atoms with Crippen molar-refractivity contribution in [2.75, 3.05) is 6.54 Å². The maximum Gasteiger partial charge on any atom is 0.229 e. The second-order valence-corrected chi connectivity index (χ2v) is 7.52. The topological polar surface area (TPSA) is 53.3 Å². The van der Waals surface area contributed by atoms with Gasteiger partial charge in [0.1, 0.15) is 11.9 Å². The Morgan fingerprint density at radius 1 is 1.38 bits per heavy atom. The number of hydrogen-bond donors (Lipinski definition) is 0. The van der Waals surface area contributed by atoms with Gasteiger partial charge in [-0.25, -0.2) is 8.78 Å². The molecule has 5 rings (SSSR count). The van der Waals surface area contributed by atoms with Gasteiger partial charge in [-0.15, -0.1) is 0 Å². The Kier molecular flexibility index (Phi) is 3.15. The lowest BCUT2D eigenvalue weighted by molar-refractivity contribution is -0.149. The zero-order valence-electron chi connectivity index (χ0n) is 13.4. The van der Waals surface area contributed by atoms with E-state index in [9.17, 15) is 18.8 Å². The molecule has 0 spiro atoms. The first-order valence-electron chi connectivity index (χ1n) is 8.22. The smallest absolute Gasteiger partial charge is 0.229 e. The van der Waals surface area contributed by atoms with Gasteiger partial charge in [0, 0.05) is 18.2 Å². The lowest BCUT2D eigenvalue weighted by Crippen LogP contribution is -2.50. The maximum atomic E-state index is 14.0. The van der Waals surface area contributed by atoms with Crippen LogP contribution in [0.25, 0.3) is 0 Å². The highest BCUT2D eigenvalue weighted by molar-refractivity contribution is 5.85. The minimum atomic E-state index is -0.739. The van der Waals surface area contributed by atoms with Crippen molar-refractivity contribution >= 4 is 5.91 Å². The summed E-state index contributed by atoms with van der Waals surface area (Å²) in [5, 5.41) is 9.27. The minimum absolute atomic E-state index is 0.0150. The van der Waals surface area contributed by atoms with Crippen LogP contribution in [0.2, 0.25) is 0 Å². The van der Waals surface area contributed by atoms with Crippen LogP contribution >= 0.6 is 0 Å². The van der Waals surface area contributed by atoms with Crippen molar-refractivity contribution in [3.05, 3.63) is 29.3 Å². The highest BCUT2D eigenvalue weighted by Crippen LogP contribution is 2.67. The summed E-state index contributed by atoms with van der Waals surface area (Å²) in [6.45, 7) is 2.23. The van der Waals surface area contributed by atoms with E-state index in [1.54, 1.807) is 11.8 Å². The Balaban J connectivity index is 1.63. The number of rotatable bonds is 1. The van der Waals surface area contributed by atoms with Gasteiger partial charge in [0.25, 0.3) is 0 Å². The van der Waals surface area contributed by atoms with Gasteiger partial charge in [0.15, 0.2) is 11.6 Å². The van der Waals surface area contributed by atoms with Gasteiger partial charge in [-0.1, -0.05) is 0 Å². The molecule has 1 aromatic rings. The standard InChI is InChI=1S/C18H18F2N2O2/c1-11-6-22(7-12-4-13(19)5-14(20)15(12)24-11)16(23)18-3-2-17(8-18,9-18)10-21/h4-5,11H,2-3,6-9H2,1H3/t11-,17?,18?/m0/s1. The quantitative estimate of drug-likeness (QED) is 0.794. The van der Waals surface area contributed by atoms with E-state index in [4.69, 9.17) is 4.74 Å². The minimum Gasteiger partial charge on any atom is -0.485 e. The molecule has 24 heavy (non-hydrogen) atoms. The average molecular weight is 332 g/mol. The maximum absolute atomic E-state index is 14.0. The largest absolute Gasteiger partial charge is 0.485 e. The van der Waals surface area contributed by atoms with Crippen LogP contribution < -0.4 is 4.74 Å². The summed E-state index contributed by atoms with van der Waals surface area (Å²) in [4.78, 5) is 14.7. The summed E-state index contributed by atoms with van der Waals surface area (Å²) in [5.41, 5.74) is -0.448. The fraction of sp³-hybridized carbons (Fsp3) is 0.556. The first-order valence-corrected chi connectivity index (χ1v) is 8.22. The van der Waals surface area contributed by atoms with Gasteiger partial charge >= 0.3 is 0 Å². The highest BCUT2D eigenvalue weighted by Gasteiger charge is 2.65. The second-order valence-electron chi connectivity index (χ2n) is 7.52. The van der Waals surface area contributed by atoms with E-state index >= 15 is 0 Å². The predicted molar refractivity (Wildman–Crippen MR) is 80.8 cm³/mol. The third kappa shape index (κ3) is 2.10. The molecule has 6 heteroatoms. The van der Waals surface area contributed by atoms with Crippen molar-refractivity contribution in [2.45, 2.75) is 45.3 Å². The van der Waals surface area contributed by atoms with Gasteiger partial charge in [0.05, 0.1) is 23.4 Å². The van der Waals surface area contributed by atoms with E-state index in [1.165, 1.54) is 6.07 Å². The first-order chi connectivity index (χ1) is 11.4. The summed E-state index contributed by atoms with van der Waals surface area (Å²) in [7, 11) is 0. The summed E-state index contributed by atoms with van der Waals surface area (Å²) < 4.78 is 33.1. The molecule has 0 aromatic heterocycles. The van der Waals surface area contributed by atoms with Crippen LogP contribution in [0.3, 0.4) is 0 Å². The van der Waals surface area contributed by atoms with Gasteiger partial charge in [-0.05, 0) is 38.7 Å². The number of hydrogen-bond acceptors (Lipinski definition) is 3. The normalized spacial score (nSPS) is 33.8. The van der Waals surface area contributed by atoms with Crippen molar-refractivity contribution in [1.29, 1.82) is 5.26 Å². The second kappa shape index (κ2) is 4.92. The van der Waals surface area contributed by atoms with Crippen LogP contribution in [0, 0.1) is 33.8 Å². The Morgan fingerprint density at radius 3 is 2.79 bits per heavy atom. The Morgan fingerprint density at radius 2 is 2.12 bits per heavy atom. The molecule has 4 aliphatic rings. The van der Waals surface area contributed by atoms with Crippen LogP contribution in [0.1, 0.15) is 38.2 Å². The van der Waals surface area contributed by atoms with Crippen LogP contribution in [-0.4, -0.2) is 23.5 Å². The van der Waals surface area contributed by atoms with Gasteiger partial charge in [-0.3, -0.25) is 4.79 Å². The fourth-order valence-electron chi connectivity index (χ4n) is 4.64. The van der Waals surface area contributed by atoms with Crippen molar-refractivity contribution < 1.29 is 18.3 Å². The third-order valence-corrected chi connectivity index (χ3v) is 5.66.